The Kier molecular flexibility index (Phi) is 5.80. The number of aromatic nitrogens is 2. The first kappa shape index (κ1) is 16.4. The van der Waals surface area contributed by atoms with E-state index in [-0.39, 0.29) is 30.9 Å². The van der Waals surface area contributed by atoms with Gasteiger partial charge in [-0.2, -0.15) is 0 Å². The number of hydrogen-bond acceptors (Lipinski definition) is 5. The molecule has 2 unspecified atom stereocenters. The van der Waals surface area contributed by atoms with Crippen molar-refractivity contribution in [1.82, 2.24) is 15.3 Å². The van der Waals surface area contributed by atoms with E-state index in [0.29, 0.717) is 12.6 Å². The van der Waals surface area contributed by atoms with Crippen LogP contribution >= 0.6 is 24.8 Å². The van der Waals surface area contributed by atoms with E-state index in [1.54, 1.807) is 6.33 Å². The first-order chi connectivity index (χ1) is 8.27. The summed E-state index contributed by atoms with van der Waals surface area (Å²) < 4.78 is 5.65. The number of piperazine rings is 1. The molecule has 0 aromatic carbocycles. The van der Waals surface area contributed by atoms with Crippen LogP contribution in [0.1, 0.15) is 31.2 Å². The summed E-state index contributed by atoms with van der Waals surface area (Å²) >= 11 is 0. The van der Waals surface area contributed by atoms with Gasteiger partial charge < -0.3 is 15.0 Å². The molecule has 5 nitrogen and oxygen atoms in total. The van der Waals surface area contributed by atoms with Crippen LogP contribution in [0.2, 0.25) is 0 Å². The molecule has 1 N–H and O–H groups in total. The molecule has 0 spiro atoms. The van der Waals surface area contributed by atoms with Crippen molar-refractivity contribution in [1.29, 1.82) is 0 Å². The van der Waals surface area contributed by atoms with E-state index in [2.05, 4.69) is 34.0 Å². The van der Waals surface area contributed by atoms with E-state index in [9.17, 15) is 0 Å². The smallest absolute Gasteiger partial charge is 0.138 e. The fourth-order valence-electron chi connectivity index (χ4n) is 2.62. The van der Waals surface area contributed by atoms with E-state index in [4.69, 9.17) is 4.74 Å². The first-order valence-electron chi connectivity index (χ1n) is 6.20. The molecule has 0 amide bonds. The second-order valence-electron chi connectivity index (χ2n) is 4.76. The highest BCUT2D eigenvalue weighted by molar-refractivity contribution is 5.85. The number of nitrogens with zero attached hydrogens (tertiary/aromatic N) is 3. The molecular formula is C12H20Cl2N4O. The normalized spacial score (nSPS) is 25.3. The second kappa shape index (κ2) is 6.70. The quantitative estimate of drug-likeness (QED) is 0.856. The summed E-state index contributed by atoms with van der Waals surface area (Å²) in [5.41, 5.74) is 2.23. The number of anilines is 1. The summed E-state index contributed by atoms with van der Waals surface area (Å²) in [6, 6.07) is 0.468. The lowest BCUT2D eigenvalue weighted by Gasteiger charge is -2.36. The van der Waals surface area contributed by atoms with Crippen molar-refractivity contribution in [3.63, 3.8) is 0 Å². The molecule has 1 fully saturated rings. The minimum absolute atomic E-state index is 0. The molecule has 19 heavy (non-hydrogen) atoms. The largest absolute Gasteiger partial charge is 0.367 e. The molecule has 2 aliphatic rings. The van der Waals surface area contributed by atoms with Crippen LogP contribution in [0, 0.1) is 0 Å². The minimum atomic E-state index is 0. The molecule has 2 atom stereocenters. The fourth-order valence-corrected chi connectivity index (χ4v) is 2.62. The molecule has 1 aromatic rings. The zero-order valence-corrected chi connectivity index (χ0v) is 12.8. The Balaban J connectivity index is 0.000000902. The van der Waals surface area contributed by atoms with Gasteiger partial charge in [-0.1, -0.05) is 0 Å². The number of ether oxygens (including phenoxy) is 1. The molecule has 3 rings (SSSR count). The predicted molar refractivity (Wildman–Crippen MR) is 79.4 cm³/mol. The maximum Gasteiger partial charge on any atom is 0.138 e. The van der Waals surface area contributed by atoms with Gasteiger partial charge in [0.15, 0.2) is 0 Å². The molecule has 3 heterocycles. The predicted octanol–water partition coefficient (Wildman–Crippen LogP) is 1.71. The van der Waals surface area contributed by atoms with Crippen LogP contribution in [-0.4, -0.2) is 35.6 Å². The van der Waals surface area contributed by atoms with E-state index < -0.39 is 0 Å². The molecule has 0 aliphatic carbocycles. The van der Waals surface area contributed by atoms with Gasteiger partial charge in [0.05, 0.1) is 18.4 Å². The zero-order chi connectivity index (χ0) is 11.8. The standard InChI is InChI=1S/C12H18N4O.2ClH/c1-8-5-13-3-4-16(8)12-11-9(2)17-6-10(11)14-7-15-12;;/h7-9,13H,3-6H2,1-2H3;2*1H. The Morgan fingerprint density at radius 3 is 2.84 bits per heavy atom. The lowest BCUT2D eigenvalue weighted by atomic mass is 10.1. The fraction of sp³-hybridized carbons (Fsp3) is 0.667. The van der Waals surface area contributed by atoms with Gasteiger partial charge in [0.1, 0.15) is 12.1 Å². The molecule has 108 valence electrons. The van der Waals surface area contributed by atoms with Crippen molar-refractivity contribution >= 4 is 30.6 Å². The van der Waals surface area contributed by atoms with E-state index in [1.165, 1.54) is 5.56 Å². The lowest BCUT2D eigenvalue weighted by Crippen LogP contribution is -2.50. The summed E-state index contributed by atoms with van der Waals surface area (Å²) in [7, 11) is 0. The average Bonchev–Trinajstić information content (AvgIpc) is 2.72. The summed E-state index contributed by atoms with van der Waals surface area (Å²) in [6.07, 6.45) is 1.77. The Bertz CT molecular complexity index is 432. The molecule has 0 bridgehead atoms. The molecule has 2 aliphatic heterocycles. The Labute approximate surface area is 126 Å². The third kappa shape index (κ3) is 2.94. The summed E-state index contributed by atoms with van der Waals surface area (Å²) in [6.45, 7) is 7.93. The van der Waals surface area contributed by atoms with Crippen molar-refractivity contribution in [2.24, 2.45) is 0 Å². The van der Waals surface area contributed by atoms with Crippen LogP contribution < -0.4 is 10.2 Å². The minimum Gasteiger partial charge on any atom is -0.367 e. The van der Waals surface area contributed by atoms with E-state index >= 15 is 0 Å². The van der Waals surface area contributed by atoms with Gasteiger partial charge in [-0.25, -0.2) is 9.97 Å². The van der Waals surface area contributed by atoms with E-state index in [0.717, 1.165) is 31.1 Å². The molecule has 0 saturated carbocycles. The summed E-state index contributed by atoms with van der Waals surface area (Å²) in [5.74, 6) is 1.06. The monoisotopic (exact) mass is 306 g/mol. The Morgan fingerprint density at radius 2 is 2.11 bits per heavy atom. The Hall–Kier alpha value is -0.620. The number of fused-ring (bicyclic) bond motifs is 1. The number of halogens is 2. The van der Waals surface area contributed by atoms with Crippen molar-refractivity contribution in [3.8, 4) is 0 Å². The highest BCUT2D eigenvalue weighted by Gasteiger charge is 2.30. The summed E-state index contributed by atoms with van der Waals surface area (Å²) in [5, 5.41) is 3.40. The SMILES string of the molecule is CC1OCc2ncnc(N3CCNCC3C)c21.Cl.Cl. The van der Waals surface area contributed by atoms with Gasteiger partial charge >= 0.3 is 0 Å². The number of hydrogen-bond donors (Lipinski definition) is 1. The highest BCUT2D eigenvalue weighted by atomic mass is 35.5. The second-order valence-corrected chi connectivity index (χ2v) is 4.76. The Morgan fingerprint density at radius 1 is 1.32 bits per heavy atom. The van der Waals surface area contributed by atoms with Gasteiger partial charge in [-0.05, 0) is 13.8 Å². The molecule has 0 radical (unpaired) electrons. The van der Waals surface area contributed by atoms with Gasteiger partial charge in [-0.15, -0.1) is 24.8 Å². The maximum atomic E-state index is 5.65. The van der Waals surface area contributed by atoms with Gasteiger partial charge in [-0.3, -0.25) is 0 Å². The van der Waals surface area contributed by atoms with Crippen LogP contribution in [-0.2, 0) is 11.3 Å². The third-order valence-corrected chi connectivity index (χ3v) is 3.60. The highest BCUT2D eigenvalue weighted by Crippen LogP contribution is 2.35. The van der Waals surface area contributed by atoms with Crippen LogP contribution in [0.5, 0.6) is 0 Å². The average molecular weight is 307 g/mol. The number of rotatable bonds is 1. The molecule has 1 saturated heterocycles. The third-order valence-electron chi connectivity index (χ3n) is 3.60. The molecule has 1 aromatic heterocycles. The van der Waals surface area contributed by atoms with Crippen molar-refractivity contribution in [3.05, 3.63) is 17.6 Å². The lowest BCUT2D eigenvalue weighted by molar-refractivity contribution is 0.0787. The van der Waals surface area contributed by atoms with Crippen molar-refractivity contribution < 1.29 is 4.74 Å². The van der Waals surface area contributed by atoms with Crippen molar-refractivity contribution in [2.45, 2.75) is 32.6 Å². The number of nitrogens with one attached hydrogen (secondary N) is 1. The van der Waals surface area contributed by atoms with Crippen LogP contribution in [0.3, 0.4) is 0 Å². The zero-order valence-electron chi connectivity index (χ0n) is 11.1. The van der Waals surface area contributed by atoms with Crippen LogP contribution in [0.25, 0.3) is 0 Å². The van der Waals surface area contributed by atoms with Crippen LogP contribution in [0.15, 0.2) is 6.33 Å². The molecular weight excluding hydrogens is 287 g/mol. The maximum absolute atomic E-state index is 5.65. The topological polar surface area (TPSA) is 50.3 Å². The van der Waals surface area contributed by atoms with Gasteiger partial charge in [0.2, 0.25) is 0 Å². The van der Waals surface area contributed by atoms with Gasteiger partial charge in [0, 0.05) is 31.2 Å². The van der Waals surface area contributed by atoms with Crippen LogP contribution in [0.4, 0.5) is 5.82 Å². The molecule has 7 heteroatoms. The van der Waals surface area contributed by atoms with E-state index in [1.807, 2.05) is 0 Å². The van der Waals surface area contributed by atoms with Crippen molar-refractivity contribution in [2.75, 3.05) is 24.5 Å². The first-order valence-corrected chi connectivity index (χ1v) is 6.20. The van der Waals surface area contributed by atoms with Gasteiger partial charge in [0.25, 0.3) is 0 Å². The summed E-state index contributed by atoms with van der Waals surface area (Å²) in [4.78, 5) is 11.2.